The predicted molar refractivity (Wildman–Crippen MR) is 235 cm³/mol. The molecule has 0 N–H and O–H groups in total. The normalized spacial score (nSPS) is 16.6. The van der Waals surface area contributed by atoms with Crippen molar-refractivity contribution in [2.75, 3.05) is 9.80 Å². The maximum atomic E-state index is 2.58. The maximum Gasteiger partial charge on any atom is 0.252 e. The molecule has 7 aromatic rings. The van der Waals surface area contributed by atoms with Crippen molar-refractivity contribution in [3.05, 3.63) is 186 Å². The molecule has 0 fully saturated rings. The molecule has 0 saturated heterocycles. The summed E-state index contributed by atoms with van der Waals surface area (Å²) in [7, 11) is 0. The standard InChI is InChI=1S/C52H47BN2/c1-50(2,3)35-28-26-34(27-29-35)39-18-11-12-21-42(39)55-44-23-14-20-41-48(44)53-47-40(52(41,7)37-16-9-8-10-17-37)19-13-22-43(47)54(45-24-15-25-46(55)49(45)53)38-32-30-36(31-33-38)51(4,5)6/h8-33H,1-7H3. The summed E-state index contributed by atoms with van der Waals surface area (Å²) in [5.41, 5.74) is 20.6. The molecule has 1 atom stereocenters. The highest BCUT2D eigenvalue weighted by atomic mass is 15.2. The monoisotopic (exact) mass is 710 g/mol. The molecule has 1 unspecified atom stereocenters. The van der Waals surface area contributed by atoms with Crippen LogP contribution in [0.25, 0.3) is 11.1 Å². The van der Waals surface area contributed by atoms with Crippen LogP contribution < -0.4 is 26.2 Å². The lowest BCUT2D eigenvalue weighted by Crippen LogP contribution is -2.67. The predicted octanol–water partition coefficient (Wildman–Crippen LogP) is 11.7. The smallest absolute Gasteiger partial charge is 0.252 e. The average Bonchev–Trinajstić information content (AvgIpc) is 3.19. The van der Waals surface area contributed by atoms with E-state index >= 15 is 0 Å². The third-order valence-corrected chi connectivity index (χ3v) is 12.7. The third kappa shape index (κ3) is 4.88. The Morgan fingerprint density at radius 1 is 0.418 bits per heavy atom. The van der Waals surface area contributed by atoms with E-state index in [0.29, 0.717) is 0 Å². The van der Waals surface area contributed by atoms with Crippen molar-refractivity contribution in [2.45, 2.75) is 64.7 Å². The van der Waals surface area contributed by atoms with Crippen LogP contribution in [0.5, 0.6) is 0 Å². The second kappa shape index (κ2) is 11.9. The van der Waals surface area contributed by atoms with Gasteiger partial charge in [0.05, 0.1) is 5.69 Å². The van der Waals surface area contributed by atoms with Gasteiger partial charge in [-0.3, -0.25) is 0 Å². The molecule has 0 aliphatic carbocycles. The molecule has 7 aromatic carbocycles. The Bertz CT molecular complexity index is 2630. The zero-order valence-electron chi connectivity index (χ0n) is 33.0. The number of para-hydroxylation sites is 1. The second-order valence-corrected chi connectivity index (χ2v) is 17.9. The molecule has 0 aromatic heterocycles. The molecule has 3 aliphatic heterocycles. The van der Waals surface area contributed by atoms with Crippen LogP contribution in [-0.4, -0.2) is 6.71 Å². The first-order valence-electron chi connectivity index (χ1n) is 19.8. The SMILES string of the molecule is CC(C)(C)c1ccc(-c2ccccc2N2c3cccc4c3B3c5c(cccc5C(C)(c5ccccc5)c5cccc2c53)N4c2ccc(C(C)(C)C)cc2)cc1. The number of nitrogens with zero attached hydrogens (tertiary/aromatic N) is 2. The van der Waals surface area contributed by atoms with E-state index < -0.39 is 0 Å². The zero-order chi connectivity index (χ0) is 37.9. The van der Waals surface area contributed by atoms with E-state index in [1.165, 1.54) is 89.5 Å². The topological polar surface area (TPSA) is 6.48 Å². The van der Waals surface area contributed by atoms with E-state index in [4.69, 9.17) is 0 Å². The van der Waals surface area contributed by atoms with Gasteiger partial charge in [-0.25, -0.2) is 0 Å². The minimum absolute atomic E-state index is 0.0713. The van der Waals surface area contributed by atoms with Gasteiger partial charge in [-0.05, 0) is 110 Å². The molecule has 0 amide bonds. The lowest BCUT2D eigenvalue weighted by Gasteiger charge is -2.51. The minimum Gasteiger partial charge on any atom is -0.311 e. The summed E-state index contributed by atoms with van der Waals surface area (Å²) in [6, 6.07) is 59.8. The summed E-state index contributed by atoms with van der Waals surface area (Å²) in [6.07, 6.45) is 0. The maximum absolute atomic E-state index is 2.58. The summed E-state index contributed by atoms with van der Waals surface area (Å²) in [5.74, 6) is 0. The van der Waals surface area contributed by atoms with Gasteiger partial charge in [-0.1, -0.05) is 157 Å². The average molecular weight is 711 g/mol. The van der Waals surface area contributed by atoms with E-state index in [0.717, 1.165) is 0 Å². The Morgan fingerprint density at radius 3 is 1.45 bits per heavy atom. The Hall–Kier alpha value is -5.80. The number of benzene rings is 7. The molecule has 3 heterocycles. The number of rotatable bonds is 4. The molecule has 3 aliphatic rings. The second-order valence-electron chi connectivity index (χ2n) is 17.9. The molecule has 0 saturated carbocycles. The van der Waals surface area contributed by atoms with Crippen LogP contribution >= 0.6 is 0 Å². The summed E-state index contributed by atoms with van der Waals surface area (Å²) < 4.78 is 0. The Balaban J connectivity index is 1.28. The Kier molecular flexibility index (Phi) is 7.27. The van der Waals surface area contributed by atoms with Crippen LogP contribution in [0.4, 0.5) is 34.1 Å². The minimum atomic E-state index is -0.367. The quantitative estimate of drug-likeness (QED) is 0.168. The van der Waals surface area contributed by atoms with E-state index in [-0.39, 0.29) is 23.0 Å². The highest BCUT2D eigenvalue weighted by molar-refractivity contribution is 7.01. The third-order valence-electron chi connectivity index (χ3n) is 12.7. The van der Waals surface area contributed by atoms with E-state index in [9.17, 15) is 0 Å². The Labute approximate surface area is 327 Å². The van der Waals surface area contributed by atoms with Crippen molar-refractivity contribution < 1.29 is 0 Å². The lowest BCUT2D eigenvalue weighted by molar-refractivity contribution is 0.590. The molecular weight excluding hydrogens is 663 g/mol. The van der Waals surface area contributed by atoms with Gasteiger partial charge in [0.25, 0.3) is 6.71 Å². The molecule has 3 heteroatoms. The summed E-state index contributed by atoms with van der Waals surface area (Å²) >= 11 is 0. The fourth-order valence-electron chi connectivity index (χ4n) is 9.83. The molecule has 2 nitrogen and oxygen atoms in total. The van der Waals surface area contributed by atoms with Crippen molar-refractivity contribution >= 4 is 57.2 Å². The molecule has 0 spiro atoms. The number of hydrogen-bond acceptors (Lipinski definition) is 2. The first-order valence-corrected chi connectivity index (χ1v) is 19.8. The fourth-order valence-corrected chi connectivity index (χ4v) is 9.83. The molecule has 55 heavy (non-hydrogen) atoms. The van der Waals surface area contributed by atoms with Crippen molar-refractivity contribution in [1.29, 1.82) is 0 Å². The van der Waals surface area contributed by atoms with Gasteiger partial charge in [-0.15, -0.1) is 0 Å². The van der Waals surface area contributed by atoms with Crippen LogP contribution in [0, 0.1) is 0 Å². The van der Waals surface area contributed by atoms with Crippen LogP contribution in [0.3, 0.4) is 0 Å². The van der Waals surface area contributed by atoms with Gasteiger partial charge in [0.15, 0.2) is 0 Å². The Morgan fingerprint density at radius 2 is 0.873 bits per heavy atom. The largest absolute Gasteiger partial charge is 0.311 e. The van der Waals surface area contributed by atoms with Crippen molar-refractivity contribution in [1.82, 2.24) is 0 Å². The molecular formula is C52H47BN2. The van der Waals surface area contributed by atoms with Gasteiger partial charge >= 0.3 is 0 Å². The summed E-state index contributed by atoms with van der Waals surface area (Å²) in [4.78, 5) is 5.12. The van der Waals surface area contributed by atoms with Crippen LogP contribution in [0.2, 0.25) is 0 Å². The molecule has 268 valence electrons. The summed E-state index contributed by atoms with van der Waals surface area (Å²) in [5, 5.41) is 0. The van der Waals surface area contributed by atoms with Crippen LogP contribution in [-0.2, 0) is 16.2 Å². The van der Waals surface area contributed by atoms with Gasteiger partial charge < -0.3 is 9.80 Å². The summed E-state index contributed by atoms with van der Waals surface area (Å²) in [6.45, 7) is 16.3. The van der Waals surface area contributed by atoms with Gasteiger partial charge in [-0.2, -0.15) is 0 Å². The lowest BCUT2D eigenvalue weighted by atomic mass is 9.28. The molecule has 0 bridgehead atoms. The van der Waals surface area contributed by atoms with Gasteiger partial charge in [0, 0.05) is 39.4 Å². The van der Waals surface area contributed by atoms with Crippen molar-refractivity contribution in [3.8, 4) is 11.1 Å². The van der Waals surface area contributed by atoms with Crippen LogP contribution in [0.15, 0.2) is 158 Å². The fraction of sp³-hybridized carbons (Fsp3) is 0.192. The number of anilines is 6. The zero-order valence-corrected chi connectivity index (χ0v) is 33.0. The highest BCUT2D eigenvalue weighted by Crippen LogP contribution is 2.51. The number of hydrogen-bond donors (Lipinski definition) is 0. The van der Waals surface area contributed by atoms with Gasteiger partial charge in [0.2, 0.25) is 0 Å². The van der Waals surface area contributed by atoms with E-state index in [2.05, 4.69) is 216 Å². The first-order chi connectivity index (χ1) is 26.5. The highest BCUT2D eigenvalue weighted by Gasteiger charge is 2.52. The van der Waals surface area contributed by atoms with Crippen molar-refractivity contribution in [2.24, 2.45) is 0 Å². The first kappa shape index (κ1) is 33.7. The van der Waals surface area contributed by atoms with E-state index in [1.54, 1.807) is 0 Å². The molecule has 10 rings (SSSR count). The van der Waals surface area contributed by atoms with Gasteiger partial charge in [0.1, 0.15) is 0 Å². The molecule has 0 radical (unpaired) electrons. The van der Waals surface area contributed by atoms with E-state index in [1.807, 2.05) is 0 Å². The van der Waals surface area contributed by atoms with Crippen LogP contribution in [0.1, 0.15) is 76.3 Å². The van der Waals surface area contributed by atoms with Crippen molar-refractivity contribution in [3.63, 3.8) is 0 Å².